The van der Waals surface area contributed by atoms with Gasteiger partial charge in [-0.1, -0.05) is 17.7 Å². The molecule has 138 valence electrons. The molecule has 0 saturated carbocycles. The van der Waals surface area contributed by atoms with Crippen molar-refractivity contribution in [2.75, 3.05) is 4.72 Å². The van der Waals surface area contributed by atoms with E-state index in [1.54, 1.807) is 32.9 Å². The van der Waals surface area contributed by atoms with Gasteiger partial charge in [0.15, 0.2) is 6.23 Å². The number of hydrogen-bond donors (Lipinski definition) is 2. The lowest BCUT2D eigenvalue weighted by molar-refractivity contribution is -0.0228. The first-order chi connectivity index (χ1) is 12.0. The van der Waals surface area contributed by atoms with Crippen LogP contribution in [0.3, 0.4) is 0 Å². The molecular weight excluding hydrogens is 354 g/mol. The second kappa shape index (κ2) is 6.07. The Morgan fingerprint density at radius 2 is 1.81 bits per heavy atom. The molecule has 8 heteroatoms. The highest BCUT2D eigenvalue weighted by molar-refractivity contribution is 7.92. The zero-order valence-corrected chi connectivity index (χ0v) is 15.8. The standard InChI is InChI=1S/C18H21N3O4S/c1-11-5-7-13(8-6-11)26(24,25)20-12-9-14-15(19-10-12)17(23)21(16(14)22)18(2,3)4/h5-10,16,20,22H,1-4H3. The van der Waals surface area contributed by atoms with E-state index in [1.165, 1.54) is 29.3 Å². The summed E-state index contributed by atoms with van der Waals surface area (Å²) < 4.78 is 27.4. The summed E-state index contributed by atoms with van der Waals surface area (Å²) in [5.74, 6) is -0.382. The zero-order valence-electron chi connectivity index (χ0n) is 15.0. The lowest BCUT2D eigenvalue weighted by Crippen LogP contribution is -2.43. The van der Waals surface area contributed by atoms with Crippen LogP contribution in [-0.2, 0) is 10.0 Å². The Hall–Kier alpha value is -2.45. The number of aromatic nitrogens is 1. The molecule has 3 rings (SSSR count). The first-order valence-electron chi connectivity index (χ1n) is 8.12. The molecule has 1 aliphatic heterocycles. The fourth-order valence-electron chi connectivity index (χ4n) is 2.88. The summed E-state index contributed by atoms with van der Waals surface area (Å²) in [6.45, 7) is 7.29. The quantitative estimate of drug-likeness (QED) is 0.858. The topological polar surface area (TPSA) is 99.6 Å². The monoisotopic (exact) mass is 375 g/mol. The molecule has 2 aromatic rings. The van der Waals surface area contributed by atoms with E-state index in [1.807, 2.05) is 6.92 Å². The Morgan fingerprint density at radius 1 is 1.19 bits per heavy atom. The maximum Gasteiger partial charge on any atom is 0.275 e. The number of sulfonamides is 1. The van der Waals surface area contributed by atoms with Gasteiger partial charge in [0.25, 0.3) is 15.9 Å². The Balaban J connectivity index is 1.93. The molecule has 1 aromatic heterocycles. The summed E-state index contributed by atoms with van der Waals surface area (Å²) in [5, 5.41) is 10.5. The lowest BCUT2D eigenvalue weighted by Gasteiger charge is -2.34. The van der Waals surface area contributed by atoms with Gasteiger partial charge >= 0.3 is 0 Å². The molecule has 2 N–H and O–H groups in total. The first-order valence-corrected chi connectivity index (χ1v) is 9.60. The zero-order chi connectivity index (χ0) is 19.3. The Bertz CT molecular complexity index is 963. The summed E-state index contributed by atoms with van der Waals surface area (Å²) in [6.07, 6.45) is 0.107. The predicted octanol–water partition coefficient (Wildman–Crippen LogP) is 2.44. The highest BCUT2D eigenvalue weighted by atomic mass is 32.2. The van der Waals surface area contributed by atoms with Crippen molar-refractivity contribution in [1.82, 2.24) is 9.88 Å². The Kier molecular flexibility index (Phi) is 4.28. The summed E-state index contributed by atoms with van der Waals surface area (Å²) in [6, 6.07) is 7.89. The summed E-state index contributed by atoms with van der Waals surface area (Å²) in [4.78, 5) is 18.0. The normalized spacial score (nSPS) is 17.3. The predicted molar refractivity (Wildman–Crippen MR) is 97.1 cm³/mol. The number of hydrogen-bond acceptors (Lipinski definition) is 5. The first kappa shape index (κ1) is 18.3. The smallest absolute Gasteiger partial charge is 0.275 e. The van der Waals surface area contributed by atoms with E-state index >= 15 is 0 Å². The molecule has 0 spiro atoms. The van der Waals surface area contributed by atoms with Crippen LogP contribution >= 0.6 is 0 Å². The molecule has 2 heterocycles. The molecule has 0 bridgehead atoms. The van der Waals surface area contributed by atoms with Crippen molar-refractivity contribution in [2.45, 2.75) is 44.4 Å². The average molecular weight is 375 g/mol. The van der Waals surface area contributed by atoms with Crippen molar-refractivity contribution in [3.05, 3.63) is 53.3 Å². The van der Waals surface area contributed by atoms with E-state index < -0.39 is 21.8 Å². The van der Waals surface area contributed by atoms with Gasteiger partial charge in [0.05, 0.1) is 16.8 Å². The minimum Gasteiger partial charge on any atom is -0.369 e. The third kappa shape index (κ3) is 3.17. The van der Waals surface area contributed by atoms with Crippen molar-refractivity contribution in [2.24, 2.45) is 0 Å². The number of benzene rings is 1. The second-order valence-electron chi connectivity index (χ2n) is 7.30. The van der Waals surface area contributed by atoms with E-state index in [-0.39, 0.29) is 27.7 Å². The van der Waals surface area contributed by atoms with E-state index in [0.717, 1.165) is 5.56 Å². The van der Waals surface area contributed by atoms with Crippen LogP contribution in [0.1, 0.15) is 48.6 Å². The maximum atomic E-state index is 12.5. The third-order valence-electron chi connectivity index (χ3n) is 4.17. The molecule has 1 unspecified atom stereocenters. The van der Waals surface area contributed by atoms with Crippen LogP contribution in [0.25, 0.3) is 0 Å². The van der Waals surface area contributed by atoms with Gasteiger partial charge in [0.1, 0.15) is 5.69 Å². The highest BCUT2D eigenvalue weighted by Crippen LogP contribution is 2.37. The van der Waals surface area contributed by atoms with Gasteiger partial charge in [-0.25, -0.2) is 13.4 Å². The van der Waals surface area contributed by atoms with Gasteiger partial charge in [-0.15, -0.1) is 0 Å². The summed E-state index contributed by atoms with van der Waals surface area (Å²) in [5.41, 5.74) is 0.956. The van der Waals surface area contributed by atoms with Gasteiger partial charge in [-0.05, 0) is 45.9 Å². The number of nitrogens with zero attached hydrogens (tertiary/aromatic N) is 2. The minimum absolute atomic E-state index is 0.122. The number of aliphatic hydroxyl groups excluding tert-OH is 1. The number of fused-ring (bicyclic) bond motifs is 1. The number of amides is 1. The number of aliphatic hydroxyl groups is 1. The van der Waals surface area contributed by atoms with Crippen LogP contribution in [0.15, 0.2) is 41.4 Å². The van der Waals surface area contributed by atoms with E-state index in [9.17, 15) is 18.3 Å². The number of rotatable bonds is 3. The van der Waals surface area contributed by atoms with E-state index in [2.05, 4.69) is 9.71 Å². The summed E-state index contributed by atoms with van der Waals surface area (Å²) in [7, 11) is -3.79. The van der Waals surface area contributed by atoms with Gasteiger partial charge in [-0.2, -0.15) is 0 Å². The van der Waals surface area contributed by atoms with Crippen molar-refractivity contribution in [3.8, 4) is 0 Å². The Labute approximate surface area is 152 Å². The number of carbonyl (C=O) groups excluding carboxylic acids is 1. The molecule has 1 aliphatic rings. The van der Waals surface area contributed by atoms with Crippen molar-refractivity contribution in [1.29, 1.82) is 0 Å². The maximum absolute atomic E-state index is 12.5. The van der Waals surface area contributed by atoms with Crippen molar-refractivity contribution in [3.63, 3.8) is 0 Å². The number of carbonyl (C=O) groups is 1. The molecule has 1 aromatic carbocycles. The fraction of sp³-hybridized carbons (Fsp3) is 0.333. The van der Waals surface area contributed by atoms with Crippen LogP contribution in [0.4, 0.5) is 5.69 Å². The van der Waals surface area contributed by atoms with Crippen molar-refractivity contribution >= 4 is 21.6 Å². The lowest BCUT2D eigenvalue weighted by atomic mass is 10.1. The molecule has 0 fully saturated rings. The fourth-order valence-corrected chi connectivity index (χ4v) is 3.91. The average Bonchev–Trinajstić information content (AvgIpc) is 2.78. The highest BCUT2D eigenvalue weighted by Gasteiger charge is 2.43. The van der Waals surface area contributed by atoms with Gasteiger partial charge in [0, 0.05) is 11.1 Å². The number of pyridine rings is 1. The number of anilines is 1. The van der Waals surface area contributed by atoms with E-state index in [0.29, 0.717) is 0 Å². The number of nitrogens with one attached hydrogen (secondary N) is 1. The molecule has 0 aliphatic carbocycles. The van der Waals surface area contributed by atoms with Gasteiger partial charge in [-0.3, -0.25) is 9.52 Å². The third-order valence-corrected chi connectivity index (χ3v) is 5.56. The molecule has 7 nitrogen and oxygen atoms in total. The molecule has 1 amide bonds. The summed E-state index contributed by atoms with van der Waals surface area (Å²) >= 11 is 0. The van der Waals surface area contributed by atoms with E-state index in [4.69, 9.17) is 0 Å². The van der Waals surface area contributed by atoms with Gasteiger partial charge < -0.3 is 10.0 Å². The Morgan fingerprint density at radius 3 is 2.38 bits per heavy atom. The molecular formula is C18H21N3O4S. The van der Waals surface area contributed by atoms with Crippen LogP contribution in [0, 0.1) is 6.92 Å². The number of aryl methyl sites for hydroxylation is 1. The van der Waals surface area contributed by atoms with Crippen LogP contribution in [0.5, 0.6) is 0 Å². The largest absolute Gasteiger partial charge is 0.369 e. The second-order valence-corrected chi connectivity index (χ2v) is 8.98. The van der Waals surface area contributed by atoms with Crippen LogP contribution in [-0.4, -0.2) is 34.9 Å². The minimum atomic E-state index is -3.79. The molecule has 0 saturated heterocycles. The molecule has 0 radical (unpaired) electrons. The molecule has 26 heavy (non-hydrogen) atoms. The van der Waals surface area contributed by atoms with Gasteiger partial charge in [0.2, 0.25) is 0 Å². The SMILES string of the molecule is Cc1ccc(S(=O)(=O)Nc2cnc3c(c2)C(O)N(C(C)(C)C)C3=O)cc1. The van der Waals surface area contributed by atoms with Crippen molar-refractivity contribution < 1.29 is 18.3 Å². The molecule has 1 atom stereocenters. The van der Waals surface area contributed by atoms with Crippen LogP contribution in [0.2, 0.25) is 0 Å². The van der Waals surface area contributed by atoms with Crippen LogP contribution < -0.4 is 4.72 Å².